The summed E-state index contributed by atoms with van der Waals surface area (Å²) in [6, 6.07) is 11.8. The molecule has 5 rings (SSSR count). The molecule has 0 radical (unpaired) electrons. The normalized spacial score (nSPS) is 19.1. The Kier molecular flexibility index (Phi) is 5.93. The van der Waals surface area contributed by atoms with Gasteiger partial charge < -0.3 is 19.9 Å². The molecule has 9 heteroatoms. The summed E-state index contributed by atoms with van der Waals surface area (Å²) in [6.07, 6.45) is 3.72. The highest BCUT2D eigenvalue weighted by Crippen LogP contribution is 2.26. The lowest BCUT2D eigenvalue weighted by molar-refractivity contribution is 0.122. The first-order chi connectivity index (χ1) is 15.7. The zero-order valence-electron chi connectivity index (χ0n) is 17.7. The van der Waals surface area contributed by atoms with Crippen molar-refractivity contribution in [1.82, 2.24) is 15.0 Å². The van der Waals surface area contributed by atoms with E-state index in [1.807, 2.05) is 6.07 Å². The zero-order chi connectivity index (χ0) is 21.9. The van der Waals surface area contributed by atoms with Gasteiger partial charge in [0.05, 0.1) is 30.4 Å². The van der Waals surface area contributed by atoms with Crippen molar-refractivity contribution in [2.75, 3.05) is 54.5 Å². The maximum absolute atomic E-state index is 9.60. The predicted octanol–water partition coefficient (Wildman–Crippen LogP) is 3.47. The number of morpholine rings is 1. The maximum Gasteiger partial charge on any atom is 0.134 e. The van der Waals surface area contributed by atoms with Crippen LogP contribution in [0.1, 0.15) is 18.4 Å². The second-order valence-electron chi connectivity index (χ2n) is 8.09. The van der Waals surface area contributed by atoms with Crippen molar-refractivity contribution >= 4 is 40.0 Å². The number of aromatic nitrogens is 3. The van der Waals surface area contributed by atoms with E-state index in [-0.39, 0.29) is 6.04 Å². The molecular weight excluding hydrogens is 426 g/mol. The number of fused-ring (bicyclic) bond motifs is 1. The average Bonchev–Trinajstić information content (AvgIpc) is 2.84. The van der Waals surface area contributed by atoms with E-state index in [1.54, 1.807) is 24.5 Å². The summed E-state index contributed by atoms with van der Waals surface area (Å²) in [7, 11) is 0. The second-order valence-corrected chi connectivity index (χ2v) is 8.53. The summed E-state index contributed by atoms with van der Waals surface area (Å²) in [5.41, 5.74) is 1.33. The summed E-state index contributed by atoms with van der Waals surface area (Å²) in [5, 5.41) is 14.5. The van der Waals surface area contributed by atoms with Crippen molar-refractivity contribution < 1.29 is 4.74 Å². The van der Waals surface area contributed by atoms with Crippen LogP contribution in [0.25, 0.3) is 10.9 Å². The molecule has 1 atom stereocenters. The third kappa shape index (κ3) is 4.40. The van der Waals surface area contributed by atoms with Crippen LogP contribution in [0.4, 0.5) is 17.5 Å². The van der Waals surface area contributed by atoms with Gasteiger partial charge in [-0.1, -0.05) is 11.6 Å². The number of anilines is 3. The number of hydrogen-bond acceptors (Lipinski definition) is 8. The number of nitrogens with zero attached hydrogens (tertiary/aromatic N) is 6. The molecule has 1 aromatic carbocycles. The van der Waals surface area contributed by atoms with Gasteiger partial charge in [-0.15, -0.1) is 0 Å². The molecule has 3 aromatic rings. The number of rotatable bonds is 4. The van der Waals surface area contributed by atoms with E-state index < -0.39 is 0 Å². The van der Waals surface area contributed by atoms with Crippen LogP contribution in [0.5, 0.6) is 0 Å². The van der Waals surface area contributed by atoms with Gasteiger partial charge in [-0.25, -0.2) is 15.0 Å². The van der Waals surface area contributed by atoms with E-state index in [1.165, 1.54) is 0 Å². The molecule has 1 unspecified atom stereocenters. The third-order valence-corrected chi connectivity index (χ3v) is 6.20. The fourth-order valence-corrected chi connectivity index (χ4v) is 4.52. The quantitative estimate of drug-likeness (QED) is 0.647. The number of halogens is 1. The van der Waals surface area contributed by atoms with Crippen LogP contribution in [0.15, 0.2) is 36.7 Å². The van der Waals surface area contributed by atoms with Crippen molar-refractivity contribution in [3.63, 3.8) is 0 Å². The molecule has 4 heterocycles. The van der Waals surface area contributed by atoms with Crippen LogP contribution in [0, 0.1) is 11.3 Å². The lowest BCUT2D eigenvalue weighted by Gasteiger charge is -2.35. The molecule has 2 aromatic heterocycles. The Bertz CT molecular complexity index is 1160. The smallest absolute Gasteiger partial charge is 0.134 e. The molecule has 2 fully saturated rings. The highest BCUT2D eigenvalue weighted by atomic mass is 35.5. The van der Waals surface area contributed by atoms with Crippen molar-refractivity contribution in [3.8, 4) is 6.07 Å². The van der Waals surface area contributed by atoms with Gasteiger partial charge in [-0.05, 0) is 37.1 Å². The van der Waals surface area contributed by atoms with Gasteiger partial charge in [0, 0.05) is 48.7 Å². The van der Waals surface area contributed by atoms with Crippen molar-refractivity contribution in [2.24, 2.45) is 0 Å². The first kappa shape index (κ1) is 20.7. The van der Waals surface area contributed by atoms with Crippen molar-refractivity contribution in [1.29, 1.82) is 5.26 Å². The molecule has 32 heavy (non-hydrogen) atoms. The van der Waals surface area contributed by atoms with Gasteiger partial charge in [0.1, 0.15) is 23.8 Å². The SMILES string of the molecule is N#Cc1cc(NC2CCCN(c3cc(N4CCOCC4)ncn3)C2)nc2ccc(Cl)cc12. The monoisotopic (exact) mass is 449 g/mol. The fourth-order valence-electron chi connectivity index (χ4n) is 4.35. The second kappa shape index (κ2) is 9.15. The number of benzene rings is 1. The average molecular weight is 450 g/mol. The number of hydrogen-bond donors (Lipinski definition) is 1. The van der Waals surface area contributed by atoms with Crippen LogP contribution in [-0.2, 0) is 4.74 Å². The molecule has 2 saturated heterocycles. The van der Waals surface area contributed by atoms with Gasteiger partial charge in [-0.3, -0.25) is 0 Å². The number of nitrogens with one attached hydrogen (secondary N) is 1. The van der Waals surface area contributed by atoms with Gasteiger partial charge in [0.2, 0.25) is 0 Å². The fraction of sp³-hybridized carbons (Fsp3) is 0.391. The molecule has 2 aliphatic rings. The Balaban J connectivity index is 1.33. The van der Waals surface area contributed by atoms with E-state index in [4.69, 9.17) is 21.3 Å². The minimum atomic E-state index is 0.203. The lowest BCUT2D eigenvalue weighted by atomic mass is 10.1. The lowest BCUT2D eigenvalue weighted by Crippen LogP contribution is -2.43. The highest BCUT2D eigenvalue weighted by molar-refractivity contribution is 6.31. The summed E-state index contributed by atoms with van der Waals surface area (Å²) in [6.45, 7) is 4.91. The first-order valence-corrected chi connectivity index (χ1v) is 11.2. The Morgan fingerprint density at radius 3 is 2.69 bits per heavy atom. The molecule has 0 saturated carbocycles. The van der Waals surface area contributed by atoms with E-state index in [2.05, 4.69) is 37.2 Å². The predicted molar refractivity (Wildman–Crippen MR) is 125 cm³/mol. The van der Waals surface area contributed by atoms with Crippen LogP contribution < -0.4 is 15.1 Å². The minimum absolute atomic E-state index is 0.203. The van der Waals surface area contributed by atoms with Gasteiger partial charge in [0.25, 0.3) is 0 Å². The number of nitriles is 1. The van der Waals surface area contributed by atoms with E-state index in [0.717, 1.165) is 74.8 Å². The Morgan fingerprint density at radius 1 is 1.06 bits per heavy atom. The molecule has 8 nitrogen and oxygen atoms in total. The summed E-state index contributed by atoms with van der Waals surface area (Å²) >= 11 is 6.10. The van der Waals surface area contributed by atoms with E-state index >= 15 is 0 Å². The summed E-state index contributed by atoms with van der Waals surface area (Å²) < 4.78 is 5.45. The van der Waals surface area contributed by atoms with Gasteiger partial charge in [0.15, 0.2) is 0 Å². The number of pyridine rings is 1. The van der Waals surface area contributed by atoms with E-state index in [9.17, 15) is 5.26 Å². The molecule has 0 amide bonds. The van der Waals surface area contributed by atoms with Crippen molar-refractivity contribution in [2.45, 2.75) is 18.9 Å². The largest absolute Gasteiger partial charge is 0.378 e. The maximum atomic E-state index is 9.60. The molecule has 164 valence electrons. The molecule has 0 spiro atoms. The Labute approximate surface area is 191 Å². The molecule has 0 aliphatic carbocycles. The first-order valence-electron chi connectivity index (χ1n) is 10.9. The molecule has 1 N–H and O–H groups in total. The Hall–Kier alpha value is -3.15. The molecular formula is C23H24ClN7O. The highest BCUT2D eigenvalue weighted by Gasteiger charge is 2.23. The number of piperidine rings is 1. The van der Waals surface area contributed by atoms with Gasteiger partial charge in [-0.2, -0.15) is 5.26 Å². The topological polar surface area (TPSA) is 90.2 Å². The summed E-state index contributed by atoms with van der Waals surface area (Å²) in [4.78, 5) is 18.2. The standard InChI is InChI=1S/C23H24ClN7O/c24-17-3-4-20-19(11-17)16(13-25)10-21(29-20)28-18-2-1-5-31(14-18)23-12-22(26-15-27-23)30-6-8-32-9-7-30/h3-4,10-12,15,18H,1-2,5-9,14H2,(H,28,29). The van der Waals surface area contributed by atoms with E-state index in [0.29, 0.717) is 16.4 Å². The summed E-state index contributed by atoms with van der Waals surface area (Å²) in [5.74, 6) is 2.59. The Morgan fingerprint density at radius 2 is 1.88 bits per heavy atom. The van der Waals surface area contributed by atoms with Crippen LogP contribution >= 0.6 is 11.6 Å². The van der Waals surface area contributed by atoms with Crippen LogP contribution in [0.3, 0.4) is 0 Å². The number of ether oxygens (including phenoxy) is 1. The van der Waals surface area contributed by atoms with Crippen molar-refractivity contribution in [3.05, 3.63) is 47.2 Å². The third-order valence-electron chi connectivity index (χ3n) is 5.96. The molecule has 0 bridgehead atoms. The van der Waals surface area contributed by atoms with Crippen LogP contribution in [0.2, 0.25) is 5.02 Å². The zero-order valence-corrected chi connectivity index (χ0v) is 18.4. The minimum Gasteiger partial charge on any atom is -0.378 e. The molecule has 2 aliphatic heterocycles. The van der Waals surface area contributed by atoms with Gasteiger partial charge >= 0.3 is 0 Å². The van der Waals surface area contributed by atoms with Crippen LogP contribution in [-0.4, -0.2) is 60.4 Å².